The van der Waals surface area contributed by atoms with Crippen molar-refractivity contribution < 1.29 is 9.63 Å². The molecule has 1 aliphatic rings. The van der Waals surface area contributed by atoms with Crippen LogP contribution in [0.1, 0.15) is 36.2 Å². The van der Waals surface area contributed by atoms with Crippen molar-refractivity contribution in [1.29, 1.82) is 0 Å². The van der Waals surface area contributed by atoms with Crippen LogP contribution in [0.5, 0.6) is 5.75 Å². The number of benzene rings is 1. The Morgan fingerprint density at radius 3 is 2.85 bits per heavy atom. The molecular weight excluding hydrogens is 344 g/mol. The van der Waals surface area contributed by atoms with Crippen LogP contribution in [0.3, 0.4) is 0 Å². The molecule has 1 aliphatic carbocycles. The maximum absolute atomic E-state index is 9.60. The zero-order valence-corrected chi connectivity index (χ0v) is 15.4. The predicted molar refractivity (Wildman–Crippen MR) is 101 cm³/mol. The highest BCUT2D eigenvalue weighted by atomic mass is 16.5. The number of rotatable bonds is 7. The lowest BCUT2D eigenvalue weighted by Crippen LogP contribution is -2.22. The van der Waals surface area contributed by atoms with E-state index < -0.39 is 0 Å². The number of aromatic nitrogens is 4. The zero-order chi connectivity index (χ0) is 18.8. The third-order valence-electron chi connectivity index (χ3n) is 4.42. The molecule has 8 nitrogen and oxygen atoms in total. The number of phenols is 1. The van der Waals surface area contributed by atoms with E-state index in [9.17, 15) is 5.11 Å². The largest absolute Gasteiger partial charge is 0.508 e. The molecule has 4 rings (SSSR count). The third-order valence-corrected chi connectivity index (χ3v) is 4.42. The Labute approximate surface area is 157 Å². The van der Waals surface area contributed by atoms with Crippen LogP contribution in [-0.4, -0.2) is 38.8 Å². The second-order valence-corrected chi connectivity index (χ2v) is 6.86. The molecule has 0 saturated heterocycles. The SMILES string of the molecule is Cc1cc(N(C)CCc2noc(C3CC3)n2)nc(Nc2cccc(O)c2)n1. The van der Waals surface area contributed by atoms with E-state index in [1.54, 1.807) is 18.2 Å². The standard InChI is InChI=1S/C19H22N6O2/c1-12-10-17(23-19(20-12)21-14-4-3-5-15(26)11-14)25(2)9-8-16-22-18(27-24-16)13-6-7-13/h3-5,10-11,13,26H,6-9H2,1-2H3,(H,20,21,23). The molecule has 1 fully saturated rings. The lowest BCUT2D eigenvalue weighted by molar-refractivity contribution is 0.374. The number of hydrogen-bond acceptors (Lipinski definition) is 8. The summed E-state index contributed by atoms with van der Waals surface area (Å²) in [6, 6.07) is 8.79. The van der Waals surface area contributed by atoms with Crippen molar-refractivity contribution >= 4 is 17.5 Å². The molecule has 2 N–H and O–H groups in total. The molecule has 2 heterocycles. The highest BCUT2D eigenvalue weighted by Gasteiger charge is 2.29. The molecule has 2 aromatic heterocycles. The van der Waals surface area contributed by atoms with Gasteiger partial charge >= 0.3 is 0 Å². The molecule has 0 aliphatic heterocycles. The van der Waals surface area contributed by atoms with Gasteiger partial charge in [0.15, 0.2) is 5.82 Å². The Morgan fingerprint density at radius 1 is 1.22 bits per heavy atom. The lowest BCUT2D eigenvalue weighted by Gasteiger charge is -2.18. The van der Waals surface area contributed by atoms with Crippen molar-refractivity contribution in [1.82, 2.24) is 20.1 Å². The van der Waals surface area contributed by atoms with Gasteiger partial charge in [0.25, 0.3) is 0 Å². The third kappa shape index (κ3) is 4.33. The second-order valence-electron chi connectivity index (χ2n) is 6.86. The molecule has 3 aromatic rings. The van der Waals surface area contributed by atoms with Crippen LogP contribution in [0.4, 0.5) is 17.5 Å². The Bertz CT molecular complexity index is 937. The number of phenolic OH excluding ortho intramolecular Hbond substituents is 1. The molecule has 0 radical (unpaired) electrons. The number of nitrogens with one attached hydrogen (secondary N) is 1. The average molecular weight is 366 g/mol. The normalized spacial score (nSPS) is 13.6. The first kappa shape index (κ1) is 17.3. The van der Waals surface area contributed by atoms with Crippen molar-refractivity contribution in [2.24, 2.45) is 0 Å². The summed E-state index contributed by atoms with van der Waals surface area (Å²) in [7, 11) is 1.97. The summed E-state index contributed by atoms with van der Waals surface area (Å²) in [4.78, 5) is 15.5. The number of nitrogens with zero attached hydrogens (tertiary/aromatic N) is 5. The molecule has 0 amide bonds. The maximum Gasteiger partial charge on any atom is 0.229 e. The molecule has 1 saturated carbocycles. The molecule has 27 heavy (non-hydrogen) atoms. The van der Waals surface area contributed by atoms with Crippen molar-refractivity contribution in [2.75, 3.05) is 23.8 Å². The van der Waals surface area contributed by atoms with Gasteiger partial charge in [0.05, 0.1) is 0 Å². The zero-order valence-electron chi connectivity index (χ0n) is 15.4. The molecule has 8 heteroatoms. The minimum Gasteiger partial charge on any atom is -0.508 e. The molecule has 140 valence electrons. The summed E-state index contributed by atoms with van der Waals surface area (Å²) in [5.41, 5.74) is 1.58. The number of anilines is 3. The molecule has 0 spiro atoms. The lowest BCUT2D eigenvalue weighted by atomic mass is 10.3. The van der Waals surface area contributed by atoms with Crippen LogP contribution in [0.15, 0.2) is 34.9 Å². The van der Waals surface area contributed by atoms with Crippen molar-refractivity contribution in [3.05, 3.63) is 47.7 Å². The Balaban J connectivity index is 1.42. The first-order valence-electron chi connectivity index (χ1n) is 9.02. The number of hydrogen-bond donors (Lipinski definition) is 2. The number of likely N-dealkylation sites (N-methyl/N-ethyl adjacent to an activating group) is 1. The predicted octanol–water partition coefficient (Wildman–Crippen LogP) is 3.17. The van der Waals surface area contributed by atoms with Gasteiger partial charge in [0.2, 0.25) is 11.8 Å². The number of aryl methyl sites for hydroxylation is 1. The Hall–Kier alpha value is -3.16. The quantitative estimate of drug-likeness (QED) is 0.658. The highest BCUT2D eigenvalue weighted by Crippen LogP contribution is 2.38. The molecule has 0 atom stereocenters. The monoisotopic (exact) mass is 366 g/mol. The topological polar surface area (TPSA) is 100 Å². The first-order valence-corrected chi connectivity index (χ1v) is 9.02. The summed E-state index contributed by atoms with van der Waals surface area (Å²) in [6.45, 7) is 2.64. The smallest absolute Gasteiger partial charge is 0.229 e. The average Bonchev–Trinajstić information content (AvgIpc) is 3.37. The van der Waals surface area contributed by atoms with Crippen LogP contribution in [0.2, 0.25) is 0 Å². The van der Waals surface area contributed by atoms with Crippen molar-refractivity contribution in [2.45, 2.75) is 32.1 Å². The fraction of sp³-hybridized carbons (Fsp3) is 0.368. The van der Waals surface area contributed by atoms with Gasteiger partial charge < -0.3 is 19.8 Å². The van der Waals surface area contributed by atoms with E-state index in [0.717, 1.165) is 41.8 Å². The van der Waals surface area contributed by atoms with E-state index >= 15 is 0 Å². The van der Waals surface area contributed by atoms with E-state index in [-0.39, 0.29) is 5.75 Å². The molecule has 0 bridgehead atoms. The minimum atomic E-state index is 0.190. The minimum absolute atomic E-state index is 0.190. The van der Waals surface area contributed by atoms with Gasteiger partial charge in [-0.1, -0.05) is 11.2 Å². The summed E-state index contributed by atoms with van der Waals surface area (Å²) < 4.78 is 5.31. The van der Waals surface area contributed by atoms with E-state index in [0.29, 0.717) is 24.8 Å². The summed E-state index contributed by atoms with van der Waals surface area (Å²) in [5.74, 6) is 3.44. The van der Waals surface area contributed by atoms with Gasteiger partial charge in [-0.3, -0.25) is 0 Å². The van der Waals surface area contributed by atoms with Gasteiger partial charge in [-0.25, -0.2) is 4.98 Å². The number of aromatic hydroxyl groups is 1. The molecular formula is C19H22N6O2. The van der Waals surface area contributed by atoms with Crippen LogP contribution in [0.25, 0.3) is 0 Å². The second kappa shape index (κ2) is 7.22. The van der Waals surface area contributed by atoms with Gasteiger partial charge in [-0.2, -0.15) is 9.97 Å². The van der Waals surface area contributed by atoms with Crippen LogP contribution < -0.4 is 10.2 Å². The van der Waals surface area contributed by atoms with E-state index in [4.69, 9.17) is 4.52 Å². The van der Waals surface area contributed by atoms with Crippen LogP contribution in [-0.2, 0) is 6.42 Å². The van der Waals surface area contributed by atoms with Crippen molar-refractivity contribution in [3.63, 3.8) is 0 Å². The van der Waals surface area contributed by atoms with Crippen LogP contribution in [0, 0.1) is 6.92 Å². The summed E-state index contributed by atoms with van der Waals surface area (Å²) in [5, 5.41) is 16.8. The van der Waals surface area contributed by atoms with Crippen LogP contribution >= 0.6 is 0 Å². The van der Waals surface area contributed by atoms with Gasteiger partial charge in [-0.05, 0) is 31.9 Å². The maximum atomic E-state index is 9.60. The van der Waals surface area contributed by atoms with E-state index in [1.807, 2.05) is 31.0 Å². The van der Waals surface area contributed by atoms with Crippen molar-refractivity contribution in [3.8, 4) is 5.75 Å². The van der Waals surface area contributed by atoms with Gasteiger partial charge in [-0.15, -0.1) is 0 Å². The van der Waals surface area contributed by atoms with E-state index in [1.165, 1.54) is 0 Å². The molecule has 0 unspecified atom stereocenters. The molecule has 1 aromatic carbocycles. The highest BCUT2D eigenvalue weighted by molar-refractivity contribution is 5.57. The first-order chi connectivity index (χ1) is 13.1. The summed E-state index contributed by atoms with van der Waals surface area (Å²) >= 11 is 0. The Kier molecular flexibility index (Phi) is 4.62. The van der Waals surface area contributed by atoms with Gasteiger partial charge in [0.1, 0.15) is 11.6 Å². The fourth-order valence-corrected chi connectivity index (χ4v) is 2.76. The summed E-state index contributed by atoms with van der Waals surface area (Å²) in [6.07, 6.45) is 2.98. The van der Waals surface area contributed by atoms with E-state index in [2.05, 4.69) is 25.4 Å². The Morgan fingerprint density at radius 2 is 2.07 bits per heavy atom. The van der Waals surface area contributed by atoms with Gasteiger partial charge in [0, 0.05) is 49.4 Å². The fourth-order valence-electron chi connectivity index (χ4n) is 2.76.